The third-order valence-corrected chi connectivity index (χ3v) is 3.11. The lowest BCUT2D eigenvalue weighted by Crippen LogP contribution is -2.27. The second-order valence-electron chi connectivity index (χ2n) is 5.06. The molecule has 5 heteroatoms. The van der Waals surface area contributed by atoms with Crippen LogP contribution in [0, 0.1) is 0 Å². The Bertz CT molecular complexity index is 446. The van der Waals surface area contributed by atoms with Crippen molar-refractivity contribution in [2.75, 3.05) is 18.8 Å². The fourth-order valence-electron chi connectivity index (χ4n) is 1.88. The first-order chi connectivity index (χ1) is 10.1. The van der Waals surface area contributed by atoms with E-state index in [1.807, 2.05) is 0 Å². The number of nitrogen functional groups attached to an aromatic ring is 1. The van der Waals surface area contributed by atoms with Crippen molar-refractivity contribution in [2.24, 2.45) is 0 Å². The van der Waals surface area contributed by atoms with Crippen LogP contribution in [0.3, 0.4) is 0 Å². The average Bonchev–Trinajstić information content (AvgIpc) is 2.47. The second-order valence-corrected chi connectivity index (χ2v) is 5.06. The molecule has 116 valence electrons. The number of carbonyl (C=O) groups excluding carboxylic acids is 2. The molecule has 0 saturated carbocycles. The van der Waals surface area contributed by atoms with Gasteiger partial charge in [0.05, 0.1) is 0 Å². The number of unbranched alkanes of at least 4 members (excludes halogenated alkanes) is 2. The Balaban J connectivity index is 2.74. The highest BCUT2D eigenvalue weighted by Crippen LogP contribution is 2.12. The third kappa shape index (κ3) is 5.85. The van der Waals surface area contributed by atoms with E-state index >= 15 is 0 Å². The van der Waals surface area contributed by atoms with Gasteiger partial charge in [-0.2, -0.15) is 0 Å². The van der Waals surface area contributed by atoms with E-state index in [1.54, 1.807) is 18.2 Å². The number of nitrogens with one attached hydrogen (secondary N) is 2. The van der Waals surface area contributed by atoms with Gasteiger partial charge in [0.15, 0.2) is 0 Å². The van der Waals surface area contributed by atoms with Crippen LogP contribution in [0.4, 0.5) is 5.69 Å². The molecule has 4 N–H and O–H groups in total. The number of hydrogen-bond acceptors (Lipinski definition) is 3. The van der Waals surface area contributed by atoms with E-state index < -0.39 is 0 Å². The summed E-state index contributed by atoms with van der Waals surface area (Å²) >= 11 is 0. The van der Waals surface area contributed by atoms with E-state index in [2.05, 4.69) is 24.5 Å². The Labute approximate surface area is 126 Å². The number of anilines is 1. The molecule has 1 rings (SSSR count). The molecule has 0 fully saturated rings. The van der Waals surface area contributed by atoms with Gasteiger partial charge in [-0.15, -0.1) is 0 Å². The van der Waals surface area contributed by atoms with Crippen molar-refractivity contribution in [1.82, 2.24) is 10.6 Å². The van der Waals surface area contributed by atoms with Crippen LogP contribution in [-0.2, 0) is 0 Å². The molecular weight excluding hydrogens is 266 g/mol. The summed E-state index contributed by atoms with van der Waals surface area (Å²) in [5.41, 5.74) is 7.05. The smallest absolute Gasteiger partial charge is 0.251 e. The van der Waals surface area contributed by atoms with E-state index in [-0.39, 0.29) is 11.8 Å². The van der Waals surface area contributed by atoms with E-state index in [0.717, 1.165) is 25.7 Å². The molecule has 0 heterocycles. The highest BCUT2D eigenvalue weighted by atomic mass is 16.2. The Morgan fingerprint density at radius 1 is 0.905 bits per heavy atom. The summed E-state index contributed by atoms with van der Waals surface area (Å²) in [7, 11) is 0. The van der Waals surface area contributed by atoms with E-state index in [9.17, 15) is 9.59 Å². The van der Waals surface area contributed by atoms with Crippen molar-refractivity contribution in [3.8, 4) is 0 Å². The Kier molecular flexibility index (Phi) is 7.29. The van der Waals surface area contributed by atoms with Gasteiger partial charge in [-0.25, -0.2) is 0 Å². The largest absolute Gasteiger partial charge is 0.399 e. The highest BCUT2D eigenvalue weighted by Gasteiger charge is 2.11. The topological polar surface area (TPSA) is 84.2 Å². The van der Waals surface area contributed by atoms with Gasteiger partial charge in [-0.3, -0.25) is 9.59 Å². The molecule has 0 unspecified atom stereocenters. The number of nitrogens with two attached hydrogens (primary N) is 1. The fourth-order valence-corrected chi connectivity index (χ4v) is 1.88. The number of hydrogen-bond donors (Lipinski definition) is 3. The maximum absolute atomic E-state index is 12.0. The van der Waals surface area contributed by atoms with Gasteiger partial charge in [0.25, 0.3) is 11.8 Å². The zero-order valence-electron chi connectivity index (χ0n) is 12.9. The van der Waals surface area contributed by atoms with Crippen molar-refractivity contribution < 1.29 is 9.59 Å². The molecular formula is C16H25N3O2. The first kappa shape index (κ1) is 17.0. The molecule has 21 heavy (non-hydrogen) atoms. The van der Waals surface area contributed by atoms with Crippen molar-refractivity contribution in [1.29, 1.82) is 0 Å². The van der Waals surface area contributed by atoms with Crippen LogP contribution in [0.25, 0.3) is 0 Å². The maximum atomic E-state index is 12.0. The summed E-state index contributed by atoms with van der Waals surface area (Å²) in [5, 5.41) is 5.64. The minimum atomic E-state index is -0.196. The zero-order valence-corrected chi connectivity index (χ0v) is 12.9. The molecule has 1 aromatic carbocycles. The zero-order chi connectivity index (χ0) is 15.7. The molecule has 0 aliphatic heterocycles. The van der Waals surface area contributed by atoms with Gasteiger partial charge in [0.2, 0.25) is 0 Å². The van der Waals surface area contributed by atoms with Crippen LogP contribution in [0.5, 0.6) is 0 Å². The monoisotopic (exact) mass is 291 g/mol. The molecule has 0 atom stereocenters. The number of carbonyl (C=O) groups is 2. The SMILES string of the molecule is CCCCNC(=O)c1cc(N)cc(C(=O)NCCCC)c1. The average molecular weight is 291 g/mol. The molecule has 0 aromatic heterocycles. The number of benzene rings is 1. The minimum absolute atomic E-state index is 0.196. The standard InChI is InChI=1S/C16H25N3O2/c1-3-5-7-18-15(20)12-9-13(11-14(17)10-12)16(21)19-8-6-4-2/h9-11H,3-8,17H2,1-2H3,(H,18,20)(H,19,21). The van der Waals surface area contributed by atoms with Gasteiger partial charge in [0.1, 0.15) is 0 Å². The lowest BCUT2D eigenvalue weighted by Gasteiger charge is -2.09. The van der Waals surface area contributed by atoms with E-state index in [0.29, 0.717) is 29.9 Å². The van der Waals surface area contributed by atoms with Crippen molar-refractivity contribution >= 4 is 17.5 Å². The van der Waals surface area contributed by atoms with Crippen molar-refractivity contribution in [3.63, 3.8) is 0 Å². The lowest BCUT2D eigenvalue weighted by molar-refractivity contribution is 0.0952. The number of rotatable bonds is 8. The molecule has 0 aliphatic carbocycles. The fraction of sp³-hybridized carbons (Fsp3) is 0.500. The summed E-state index contributed by atoms with van der Waals surface area (Å²) in [5.74, 6) is -0.392. The third-order valence-electron chi connectivity index (χ3n) is 3.11. The van der Waals surface area contributed by atoms with Gasteiger partial charge < -0.3 is 16.4 Å². The van der Waals surface area contributed by atoms with Crippen molar-refractivity contribution in [3.05, 3.63) is 29.3 Å². The van der Waals surface area contributed by atoms with E-state index in [4.69, 9.17) is 5.73 Å². The van der Waals surface area contributed by atoms with Crippen LogP contribution in [-0.4, -0.2) is 24.9 Å². The Morgan fingerprint density at radius 3 is 1.71 bits per heavy atom. The summed E-state index contributed by atoms with van der Waals surface area (Å²) in [4.78, 5) is 24.0. The van der Waals surface area contributed by atoms with Crippen LogP contribution in [0.2, 0.25) is 0 Å². The highest BCUT2D eigenvalue weighted by molar-refractivity contribution is 6.00. The Morgan fingerprint density at radius 2 is 1.33 bits per heavy atom. The normalized spacial score (nSPS) is 10.2. The van der Waals surface area contributed by atoms with E-state index in [1.165, 1.54) is 0 Å². The first-order valence-corrected chi connectivity index (χ1v) is 7.55. The molecule has 0 radical (unpaired) electrons. The second kappa shape index (κ2) is 9.00. The van der Waals surface area contributed by atoms with Gasteiger partial charge >= 0.3 is 0 Å². The summed E-state index contributed by atoms with van der Waals surface area (Å²) in [6, 6.07) is 4.76. The van der Waals surface area contributed by atoms with Crippen LogP contribution in [0.1, 0.15) is 60.2 Å². The van der Waals surface area contributed by atoms with Crippen LogP contribution >= 0.6 is 0 Å². The molecule has 2 amide bonds. The molecule has 0 bridgehead atoms. The predicted molar refractivity (Wildman–Crippen MR) is 85.3 cm³/mol. The van der Waals surface area contributed by atoms with Gasteiger partial charge in [0, 0.05) is 29.9 Å². The summed E-state index contributed by atoms with van der Waals surface area (Å²) in [6.07, 6.45) is 3.89. The van der Waals surface area contributed by atoms with Crippen LogP contribution < -0.4 is 16.4 Å². The van der Waals surface area contributed by atoms with Crippen LogP contribution in [0.15, 0.2) is 18.2 Å². The van der Waals surface area contributed by atoms with Gasteiger partial charge in [-0.1, -0.05) is 26.7 Å². The molecule has 0 saturated heterocycles. The first-order valence-electron chi connectivity index (χ1n) is 7.55. The number of amides is 2. The summed E-state index contributed by atoms with van der Waals surface area (Å²) in [6.45, 7) is 5.38. The van der Waals surface area contributed by atoms with Gasteiger partial charge in [-0.05, 0) is 31.0 Å². The quantitative estimate of drug-likeness (QED) is 0.507. The Hall–Kier alpha value is -2.04. The molecule has 5 nitrogen and oxygen atoms in total. The van der Waals surface area contributed by atoms with Crippen molar-refractivity contribution in [2.45, 2.75) is 39.5 Å². The summed E-state index contributed by atoms with van der Waals surface area (Å²) < 4.78 is 0. The predicted octanol–water partition coefficient (Wildman–Crippen LogP) is 2.33. The lowest BCUT2D eigenvalue weighted by atomic mass is 10.1. The molecule has 0 spiro atoms. The maximum Gasteiger partial charge on any atom is 0.251 e. The molecule has 1 aromatic rings. The minimum Gasteiger partial charge on any atom is -0.399 e. The molecule has 0 aliphatic rings.